The molecule has 4 heteroatoms. The van der Waals surface area contributed by atoms with Gasteiger partial charge in [-0.1, -0.05) is 12.1 Å². The van der Waals surface area contributed by atoms with E-state index >= 15 is 0 Å². The Morgan fingerprint density at radius 1 is 1.20 bits per heavy atom. The van der Waals surface area contributed by atoms with Crippen molar-refractivity contribution >= 4 is 16.8 Å². The van der Waals surface area contributed by atoms with Gasteiger partial charge in [0.15, 0.2) is 0 Å². The molecule has 4 nitrogen and oxygen atoms in total. The van der Waals surface area contributed by atoms with Gasteiger partial charge in [0.2, 0.25) is 5.91 Å². The van der Waals surface area contributed by atoms with Crippen LogP contribution in [0.3, 0.4) is 0 Å². The fraction of sp³-hybridized carbons (Fsp3) is 0.571. The highest BCUT2D eigenvalue weighted by Crippen LogP contribution is 2.36. The van der Waals surface area contributed by atoms with Crippen molar-refractivity contribution in [1.29, 1.82) is 0 Å². The van der Waals surface area contributed by atoms with Gasteiger partial charge in [-0.2, -0.15) is 0 Å². The van der Waals surface area contributed by atoms with E-state index in [2.05, 4.69) is 48.1 Å². The summed E-state index contributed by atoms with van der Waals surface area (Å²) in [6.07, 6.45) is 4.12. The second-order valence-corrected chi connectivity index (χ2v) is 8.20. The Bertz CT molecular complexity index is 814. The summed E-state index contributed by atoms with van der Waals surface area (Å²) in [6, 6.07) is 4.32. The Morgan fingerprint density at radius 2 is 2.00 bits per heavy atom. The SMILES string of the molecule is Cc1[nH]c2c(C)ccc(C)c2c1CC(=O)N1CCC[C@]2(CCNC2)C1. The first kappa shape index (κ1) is 16.6. The van der Waals surface area contributed by atoms with Crippen molar-refractivity contribution < 1.29 is 4.79 Å². The van der Waals surface area contributed by atoms with E-state index < -0.39 is 0 Å². The van der Waals surface area contributed by atoms with Crippen LogP contribution in [0.1, 0.15) is 41.6 Å². The highest BCUT2D eigenvalue weighted by Gasteiger charge is 2.39. The first-order valence-corrected chi connectivity index (χ1v) is 9.55. The first-order chi connectivity index (χ1) is 12.0. The molecule has 25 heavy (non-hydrogen) atoms. The topological polar surface area (TPSA) is 48.1 Å². The third-order valence-electron chi connectivity index (χ3n) is 6.36. The zero-order valence-corrected chi connectivity index (χ0v) is 15.7. The molecule has 2 fully saturated rings. The van der Waals surface area contributed by atoms with E-state index in [4.69, 9.17) is 0 Å². The minimum absolute atomic E-state index is 0.288. The van der Waals surface area contributed by atoms with E-state index in [9.17, 15) is 4.79 Å². The number of benzene rings is 1. The summed E-state index contributed by atoms with van der Waals surface area (Å²) in [5.41, 5.74) is 6.34. The maximum Gasteiger partial charge on any atom is 0.227 e. The number of aromatic nitrogens is 1. The second kappa shape index (κ2) is 6.17. The molecule has 0 aliphatic carbocycles. The van der Waals surface area contributed by atoms with Gasteiger partial charge in [-0.3, -0.25) is 4.79 Å². The molecule has 2 aliphatic heterocycles. The van der Waals surface area contributed by atoms with Crippen molar-refractivity contribution in [2.45, 2.75) is 46.5 Å². The van der Waals surface area contributed by atoms with Gasteiger partial charge < -0.3 is 15.2 Å². The van der Waals surface area contributed by atoms with Gasteiger partial charge in [0.1, 0.15) is 0 Å². The maximum absolute atomic E-state index is 13.1. The number of likely N-dealkylation sites (tertiary alicyclic amines) is 1. The van der Waals surface area contributed by atoms with E-state index in [-0.39, 0.29) is 5.91 Å². The van der Waals surface area contributed by atoms with Crippen molar-refractivity contribution in [2.75, 3.05) is 26.2 Å². The number of aryl methyl sites for hydroxylation is 3. The largest absolute Gasteiger partial charge is 0.358 e. The third kappa shape index (κ3) is 2.86. The molecule has 134 valence electrons. The summed E-state index contributed by atoms with van der Waals surface area (Å²) in [5.74, 6) is 0.288. The summed E-state index contributed by atoms with van der Waals surface area (Å²) in [4.78, 5) is 18.7. The lowest BCUT2D eigenvalue weighted by Crippen LogP contribution is -2.47. The van der Waals surface area contributed by atoms with E-state index in [1.165, 1.54) is 40.4 Å². The van der Waals surface area contributed by atoms with E-state index in [0.717, 1.165) is 38.3 Å². The number of piperidine rings is 1. The zero-order valence-electron chi connectivity index (χ0n) is 15.7. The Hall–Kier alpha value is -1.81. The number of aromatic amines is 1. The predicted molar refractivity (Wildman–Crippen MR) is 102 cm³/mol. The number of carbonyl (C=O) groups is 1. The summed E-state index contributed by atoms with van der Waals surface area (Å²) in [5, 5.41) is 4.74. The molecule has 2 aliphatic rings. The summed E-state index contributed by atoms with van der Waals surface area (Å²) >= 11 is 0. The molecule has 1 aromatic heterocycles. The fourth-order valence-corrected chi connectivity index (χ4v) is 4.86. The van der Waals surface area contributed by atoms with Gasteiger partial charge in [-0.25, -0.2) is 0 Å². The maximum atomic E-state index is 13.1. The summed E-state index contributed by atoms with van der Waals surface area (Å²) < 4.78 is 0. The standard InChI is InChI=1S/C21H29N3O/c1-14-5-6-15(2)20-19(14)17(16(3)23-20)11-18(25)24-10-4-7-21(13-24)8-9-22-12-21/h5-6,22-23H,4,7-13H2,1-3H3/t21-/m1/s1. The molecular weight excluding hydrogens is 310 g/mol. The lowest BCUT2D eigenvalue weighted by atomic mass is 9.79. The molecule has 1 atom stereocenters. The lowest BCUT2D eigenvalue weighted by Gasteiger charge is -2.40. The summed E-state index contributed by atoms with van der Waals surface area (Å²) in [6.45, 7) is 10.4. The molecule has 0 unspecified atom stereocenters. The van der Waals surface area contributed by atoms with Gasteiger partial charge in [0, 0.05) is 41.6 Å². The number of H-pyrrole nitrogens is 1. The van der Waals surface area contributed by atoms with Crippen molar-refractivity contribution in [2.24, 2.45) is 5.41 Å². The van der Waals surface area contributed by atoms with Crippen molar-refractivity contribution in [3.05, 3.63) is 34.5 Å². The quantitative estimate of drug-likeness (QED) is 0.882. The van der Waals surface area contributed by atoms with Gasteiger partial charge in [-0.15, -0.1) is 0 Å². The smallest absolute Gasteiger partial charge is 0.227 e. The van der Waals surface area contributed by atoms with E-state index in [1.807, 2.05) is 0 Å². The normalized spacial score (nSPS) is 23.7. The van der Waals surface area contributed by atoms with Crippen LogP contribution in [0, 0.1) is 26.2 Å². The van der Waals surface area contributed by atoms with Crippen molar-refractivity contribution in [3.63, 3.8) is 0 Å². The van der Waals surface area contributed by atoms with Crippen LogP contribution in [0.5, 0.6) is 0 Å². The summed E-state index contributed by atoms with van der Waals surface area (Å²) in [7, 11) is 0. The predicted octanol–water partition coefficient (Wildman–Crippen LogP) is 3.24. The van der Waals surface area contributed by atoms with Crippen LogP contribution in [0.15, 0.2) is 12.1 Å². The molecule has 0 bridgehead atoms. The number of fused-ring (bicyclic) bond motifs is 1. The van der Waals surface area contributed by atoms with Crippen molar-refractivity contribution in [3.8, 4) is 0 Å². The molecule has 2 aromatic rings. The number of nitrogens with one attached hydrogen (secondary N) is 2. The van der Waals surface area contributed by atoms with Crippen LogP contribution in [0.4, 0.5) is 0 Å². The molecule has 1 amide bonds. The Balaban J connectivity index is 1.60. The van der Waals surface area contributed by atoms with Crippen LogP contribution >= 0.6 is 0 Å². The molecule has 1 spiro atoms. The van der Waals surface area contributed by atoms with Gasteiger partial charge in [0.05, 0.1) is 6.42 Å². The third-order valence-corrected chi connectivity index (χ3v) is 6.36. The number of hydrogen-bond acceptors (Lipinski definition) is 2. The van der Waals surface area contributed by atoms with Crippen LogP contribution < -0.4 is 5.32 Å². The number of rotatable bonds is 2. The second-order valence-electron chi connectivity index (χ2n) is 8.20. The number of carbonyl (C=O) groups excluding carboxylic acids is 1. The highest BCUT2D eigenvalue weighted by atomic mass is 16.2. The fourth-order valence-electron chi connectivity index (χ4n) is 4.86. The minimum Gasteiger partial charge on any atom is -0.358 e. The Kier molecular flexibility index (Phi) is 4.11. The van der Waals surface area contributed by atoms with Crippen LogP contribution in [-0.2, 0) is 11.2 Å². The molecule has 0 saturated carbocycles. The molecule has 0 radical (unpaired) electrons. The Labute approximate surface area is 150 Å². The lowest BCUT2D eigenvalue weighted by molar-refractivity contribution is -0.133. The molecule has 4 rings (SSSR count). The highest BCUT2D eigenvalue weighted by molar-refractivity contribution is 5.93. The average molecular weight is 339 g/mol. The van der Waals surface area contributed by atoms with Crippen molar-refractivity contribution in [1.82, 2.24) is 15.2 Å². The van der Waals surface area contributed by atoms with Gasteiger partial charge in [-0.05, 0) is 63.3 Å². The van der Waals surface area contributed by atoms with Gasteiger partial charge in [0.25, 0.3) is 0 Å². The average Bonchev–Trinajstić information content (AvgIpc) is 3.17. The Morgan fingerprint density at radius 3 is 2.76 bits per heavy atom. The molecule has 3 heterocycles. The molecule has 1 aromatic carbocycles. The monoisotopic (exact) mass is 339 g/mol. The first-order valence-electron chi connectivity index (χ1n) is 9.55. The molecule has 2 saturated heterocycles. The molecule has 2 N–H and O–H groups in total. The van der Waals surface area contributed by atoms with Crippen LogP contribution in [0.2, 0.25) is 0 Å². The number of nitrogens with zero attached hydrogens (tertiary/aromatic N) is 1. The number of amides is 1. The van der Waals surface area contributed by atoms with Gasteiger partial charge >= 0.3 is 0 Å². The van der Waals surface area contributed by atoms with Crippen LogP contribution in [0.25, 0.3) is 10.9 Å². The molecular formula is C21H29N3O. The number of hydrogen-bond donors (Lipinski definition) is 2. The zero-order chi connectivity index (χ0) is 17.6. The van der Waals surface area contributed by atoms with E-state index in [1.54, 1.807) is 0 Å². The minimum atomic E-state index is 0.288. The van der Waals surface area contributed by atoms with E-state index in [0.29, 0.717) is 11.8 Å². The van der Waals surface area contributed by atoms with Crippen LogP contribution in [-0.4, -0.2) is 42.0 Å².